The van der Waals surface area contributed by atoms with Gasteiger partial charge in [0.1, 0.15) is 24.0 Å². The molecule has 106 valence electrons. The summed E-state index contributed by atoms with van der Waals surface area (Å²) >= 11 is 15.0. The summed E-state index contributed by atoms with van der Waals surface area (Å²) in [6.45, 7) is 0.119. The maximum atomic E-state index is 13.4. The molecule has 3 nitrogen and oxygen atoms in total. The molecule has 2 rings (SSSR count). The van der Waals surface area contributed by atoms with Crippen molar-refractivity contribution >= 4 is 44.9 Å². The number of rotatable bonds is 4. The molecule has 0 atom stereocenters. The average molecular weight is 380 g/mol. The molecule has 0 saturated heterocycles. The lowest BCUT2D eigenvalue weighted by Gasteiger charge is -2.10. The zero-order chi connectivity index (χ0) is 14.7. The van der Waals surface area contributed by atoms with E-state index < -0.39 is 5.82 Å². The summed E-state index contributed by atoms with van der Waals surface area (Å²) in [6, 6.07) is 6.12. The van der Waals surface area contributed by atoms with Crippen molar-refractivity contribution in [1.29, 1.82) is 0 Å². The highest BCUT2D eigenvalue weighted by Gasteiger charge is 2.10. The molecule has 0 amide bonds. The van der Waals surface area contributed by atoms with Crippen LogP contribution in [0, 0.1) is 5.82 Å². The zero-order valence-electron chi connectivity index (χ0n) is 10.4. The van der Waals surface area contributed by atoms with Gasteiger partial charge in [0.2, 0.25) is 0 Å². The maximum absolute atomic E-state index is 13.4. The molecule has 2 aromatic rings. The smallest absolute Gasteiger partial charge is 0.145 e. The molecule has 7 heteroatoms. The van der Waals surface area contributed by atoms with E-state index >= 15 is 0 Å². The van der Waals surface area contributed by atoms with Crippen LogP contribution in [0.5, 0.6) is 5.75 Å². The molecule has 0 unspecified atom stereocenters. The number of nitrogens with one attached hydrogen (secondary N) is 1. The van der Waals surface area contributed by atoms with E-state index in [-0.39, 0.29) is 11.6 Å². The Balaban J connectivity index is 2.18. The highest BCUT2D eigenvalue weighted by atomic mass is 79.9. The minimum absolute atomic E-state index is 0.0255. The largest absolute Gasteiger partial charge is 0.486 e. The fourth-order valence-electron chi connectivity index (χ4n) is 1.49. The number of ether oxygens (including phenoxy) is 1. The maximum Gasteiger partial charge on any atom is 0.145 e. The second-order valence-electron chi connectivity index (χ2n) is 3.86. The van der Waals surface area contributed by atoms with E-state index in [1.54, 1.807) is 19.2 Å². The monoisotopic (exact) mass is 378 g/mol. The Hall–Kier alpha value is -1.04. The first-order valence-electron chi connectivity index (χ1n) is 5.61. The van der Waals surface area contributed by atoms with E-state index in [1.807, 2.05) is 0 Å². The van der Waals surface area contributed by atoms with Gasteiger partial charge in [0.15, 0.2) is 0 Å². The minimum atomic E-state index is -0.548. The van der Waals surface area contributed by atoms with Crippen LogP contribution in [0.4, 0.5) is 10.2 Å². The first-order valence-corrected chi connectivity index (χ1v) is 7.16. The van der Waals surface area contributed by atoms with Crippen molar-refractivity contribution in [2.24, 2.45) is 0 Å². The molecule has 0 fully saturated rings. The highest BCUT2D eigenvalue weighted by Crippen LogP contribution is 2.31. The van der Waals surface area contributed by atoms with Crippen molar-refractivity contribution in [3.63, 3.8) is 0 Å². The van der Waals surface area contributed by atoms with Gasteiger partial charge in [0, 0.05) is 13.1 Å². The molecular weight excluding hydrogens is 370 g/mol. The summed E-state index contributed by atoms with van der Waals surface area (Å²) in [5.74, 6) is 0.460. The number of anilines is 1. The summed E-state index contributed by atoms with van der Waals surface area (Å²) in [7, 11) is 1.76. The molecule has 0 aliphatic rings. The number of hydrogen-bond donors (Lipinski definition) is 1. The molecule has 0 radical (unpaired) electrons. The lowest BCUT2D eigenvalue weighted by Crippen LogP contribution is -2.02. The van der Waals surface area contributed by atoms with Crippen LogP contribution < -0.4 is 10.1 Å². The van der Waals surface area contributed by atoms with Gasteiger partial charge in [-0.3, -0.25) is 0 Å². The normalized spacial score (nSPS) is 10.4. The molecule has 1 aromatic heterocycles. The molecule has 1 aromatic carbocycles. The van der Waals surface area contributed by atoms with Crippen LogP contribution in [-0.4, -0.2) is 12.0 Å². The van der Waals surface area contributed by atoms with E-state index in [9.17, 15) is 4.39 Å². The quantitative estimate of drug-likeness (QED) is 0.766. The van der Waals surface area contributed by atoms with Gasteiger partial charge in [-0.15, -0.1) is 0 Å². The molecule has 1 N–H and O–H groups in total. The second-order valence-corrected chi connectivity index (χ2v) is 5.53. The van der Waals surface area contributed by atoms with Crippen molar-refractivity contribution in [1.82, 2.24) is 4.98 Å². The summed E-state index contributed by atoms with van der Waals surface area (Å²) < 4.78 is 19.5. The first kappa shape index (κ1) is 15.4. The molecule has 1 heterocycles. The van der Waals surface area contributed by atoms with E-state index in [0.29, 0.717) is 26.8 Å². The van der Waals surface area contributed by atoms with Gasteiger partial charge in [-0.25, -0.2) is 9.37 Å². The third-order valence-electron chi connectivity index (χ3n) is 2.51. The van der Waals surface area contributed by atoms with E-state index in [0.717, 1.165) is 0 Å². The van der Waals surface area contributed by atoms with Gasteiger partial charge in [0.25, 0.3) is 0 Å². The van der Waals surface area contributed by atoms with Crippen molar-refractivity contribution in [3.8, 4) is 5.75 Å². The number of halogens is 4. The summed E-state index contributed by atoms with van der Waals surface area (Å²) in [4.78, 5) is 4.27. The Labute approximate surface area is 134 Å². The Morgan fingerprint density at radius 2 is 2.05 bits per heavy atom. The van der Waals surface area contributed by atoms with E-state index in [1.165, 1.54) is 12.1 Å². The predicted molar refractivity (Wildman–Crippen MR) is 82.2 cm³/mol. The van der Waals surface area contributed by atoms with Crippen LogP contribution in [0.25, 0.3) is 0 Å². The molecule has 0 aliphatic heterocycles. The van der Waals surface area contributed by atoms with E-state index in [2.05, 4.69) is 26.2 Å². The Morgan fingerprint density at radius 1 is 1.30 bits per heavy atom. The number of benzene rings is 1. The summed E-state index contributed by atoms with van der Waals surface area (Å²) in [5.41, 5.74) is 0.556. The van der Waals surface area contributed by atoms with Crippen molar-refractivity contribution in [3.05, 3.63) is 50.3 Å². The number of aromatic nitrogens is 1. The predicted octanol–water partition coefficient (Wildman–Crippen LogP) is 4.91. The van der Waals surface area contributed by atoms with Gasteiger partial charge >= 0.3 is 0 Å². The molecule has 0 spiro atoms. The lowest BCUT2D eigenvalue weighted by molar-refractivity contribution is 0.298. The summed E-state index contributed by atoms with van der Waals surface area (Å²) in [6.07, 6.45) is 0. The van der Waals surface area contributed by atoms with Gasteiger partial charge in [0.05, 0.1) is 20.2 Å². The van der Waals surface area contributed by atoms with Crippen LogP contribution in [0.1, 0.15) is 5.69 Å². The third kappa shape index (κ3) is 3.53. The standard InChI is InChI=1S/C13H10BrCl2FN2O/c1-18-13-3-2-8(15)11(19-13)6-20-12-5-10(17)9(16)4-7(12)14/h2-5H,6H2,1H3,(H,18,19). The second kappa shape index (κ2) is 6.61. The van der Waals surface area contributed by atoms with Crippen molar-refractivity contribution in [2.45, 2.75) is 6.61 Å². The molecular formula is C13H10BrCl2FN2O. The molecule has 20 heavy (non-hydrogen) atoms. The topological polar surface area (TPSA) is 34.1 Å². The third-order valence-corrected chi connectivity index (χ3v) is 3.77. The number of nitrogens with zero attached hydrogens (tertiary/aromatic N) is 1. The Morgan fingerprint density at radius 3 is 2.75 bits per heavy atom. The van der Waals surface area contributed by atoms with Crippen LogP contribution >= 0.6 is 39.1 Å². The SMILES string of the molecule is CNc1ccc(Cl)c(COc2cc(F)c(Cl)cc2Br)n1. The van der Waals surface area contributed by atoms with Crippen LogP contribution in [-0.2, 0) is 6.61 Å². The fourth-order valence-corrected chi connectivity index (χ4v) is 2.40. The minimum Gasteiger partial charge on any atom is -0.486 e. The Kier molecular flexibility index (Phi) is 5.07. The highest BCUT2D eigenvalue weighted by molar-refractivity contribution is 9.10. The van der Waals surface area contributed by atoms with Crippen molar-refractivity contribution < 1.29 is 9.13 Å². The molecule has 0 bridgehead atoms. The first-order chi connectivity index (χ1) is 9.51. The van der Waals surface area contributed by atoms with E-state index in [4.69, 9.17) is 27.9 Å². The van der Waals surface area contributed by atoms with Gasteiger partial charge in [-0.05, 0) is 34.1 Å². The van der Waals surface area contributed by atoms with Crippen molar-refractivity contribution in [2.75, 3.05) is 12.4 Å². The molecule has 0 saturated carbocycles. The average Bonchev–Trinajstić information content (AvgIpc) is 2.43. The lowest BCUT2D eigenvalue weighted by atomic mass is 10.3. The van der Waals surface area contributed by atoms with Gasteiger partial charge in [-0.1, -0.05) is 23.2 Å². The van der Waals surface area contributed by atoms with Crippen LogP contribution in [0.3, 0.4) is 0 Å². The molecule has 0 aliphatic carbocycles. The Bertz CT molecular complexity index is 640. The van der Waals surface area contributed by atoms with Crippen LogP contribution in [0.2, 0.25) is 10.0 Å². The summed E-state index contributed by atoms with van der Waals surface area (Å²) in [5, 5.41) is 3.42. The van der Waals surface area contributed by atoms with Crippen LogP contribution in [0.15, 0.2) is 28.7 Å². The number of pyridine rings is 1. The van der Waals surface area contributed by atoms with Gasteiger partial charge in [-0.2, -0.15) is 0 Å². The number of hydrogen-bond acceptors (Lipinski definition) is 3. The van der Waals surface area contributed by atoms with Gasteiger partial charge < -0.3 is 10.1 Å². The zero-order valence-corrected chi connectivity index (χ0v) is 13.5. The fraction of sp³-hybridized carbons (Fsp3) is 0.154.